The molecule has 0 N–H and O–H groups in total. The molecule has 5 nitrogen and oxygen atoms in total. The zero-order valence-electron chi connectivity index (χ0n) is 13.1. The zero-order chi connectivity index (χ0) is 16.7. The van der Waals surface area contributed by atoms with Gasteiger partial charge in [0.25, 0.3) is 0 Å². The molecule has 0 radical (unpaired) electrons. The van der Waals surface area contributed by atoms with E-state index in [0.717, 1.165) is 5.56 Å². The third-order valence-corrected chi connectivity index (χ3v) is 3.76. The second kappa shape index (κ2) is 8.62. The first-order chi connectivity index (χ1) is 11.1. The average molecular weight is 324 g/mol. The maximum absolute atomic E-state index is 14.1. The van der Waals surface area contributed by atoms with Gasteiger partial charge < -0.3 is 14.2 Å². The summed E-state index contributed by atoms with van der Waals surface area (Å²) in [7, 11) is 0. The monoisotopic (exact) mass is 324 g/mol. The largest absolute Gasteiger partial charge is 0.464 e. The number of benzene rings is 1. The fraction of sp³-hybridized carbons (Fsp3) is 0.529. The molecule has 1 heterocycles. The highest BCUT2D eigenvalue weighted by Crippen LogP contribution is 2.29. The van der Waals surface area contributed by atoms with Crippen molar-refractivity contribution in [1.29, 1.82) is 0 Å². The molecule has 1 saturated heterocycles. The third-order valence-electron chi connectivity index (χ3n) is 3.76. The van der Waals surface area contributed by atoms with Crippen molar-refractivity contribution in [3.8, 4) is 0 Å². The molecule has 3 atom stereocenters. The lowest BCUT2D eigenvalue weighted by atomic mass is 9.94. The number of alkyl halides is 1. The molecular formula is C17H21FO5. The lowest BCUT2D eigenvalue weighted by Gasteiger charge is -2.20. The maximum atomic E-state index is 14.1. The van der Waals surface area contributed by atoms with Crippen molar-refractivity contribution in [2.24, 2.45) is 5.92 Å². The Morgan fingerprint density at radius 1 is 1.30 bits per heavy atom. The molecular weight excluding hydrogens is 303 g/mol. The molecule has 0 spiro atoms. The first kappa shape index (κ1) is 17.4. The summed E-state index contributed by atoms with van der Waals surface area (Å²) in [5, 5.41) is 0. The molecule has 0 bridgehead atoms. The SMILES string of the molecule is CCOC(=O)C(F)[C@@H]1CCOC1CC(=O)OCc1ccccc1. The Kier molecular flexibility index (Phi) is 6.52. The summed E-state index contributed by atoms with van der Waals surface area (Å²) < 4.78 is 29.4. The Labute approximate surface area is 134 Å². The first-order valence-electron chi connectivity index (χ1n) is 7.73. The molecule has 23 heavy (non-hydrogen) atoms. The van der Waals surface area contributed by atoms with Crippen molar-refractivity contribution in [1.82, 2.24) is 0 Å². The molecule has 6 heteroatoms. The Morgan fingerprint density at radius 3 is 2.74 bits per heavy atom. The van der Waals surface area contributed by atoms with E-state index in [1.807, 2.05) is 30.3 Å². The molecule has 0 aromatic heterocycles. The van der Waals surface area contributed by atoms with Gasteiger partial charge in [-0.2, -0.15) is 0 Å². The molecule has 1 aromatic rings. The van der Waals surface area contributed by atoms with E-state index in [-0.39, 0.29) is 19.6 Å². The number of hydrogen-bond donors (Lipinski definition) is 0. The predicted molar refractivity (Wildman–Crippen MR) is 80.2 cm³/mol. The number of rotatable bonds is 7. The average Bonchev–Trinajstić information content (AvgIpc) is 3.01. The van der Waals surface area contributed by atoms with Crippen molar-refractivity contribution in [2.75, 3.05) is 13.2 Å². The second-order valence-corrected chi connectivity index (χ2v) is 5.37. The summed E-state index contributed by atoms with van der Waals surface area (Å²) in [6.45, 7) is 2.22. The fourth-order valence-corrected chi connectivity index (χ4v) is 2.57. The quantitative estimate of drug-likeness (QED) is 0.721. The van der Waals surface area contributed by atoms with E-state index >= 15 is 0 Å². The van der Waals surface area contributed by atoms with Crippen LogP contribution in [0.2, 0.25) is 0 Å². The van der Waals surface area contributed by atoms with Crippen LogP contribution in [0.25, 0.3) is 0 Å². The Bertz CT molecular complexity index is 519. The summed E-state index contributed by atoms with van der Waals surface area (Å²) in [6, 6.07) is 9.28. The summed E-state index contributed by atoms with van der Waals surface area (Å²) in [5.41, 5.74) is 0.875. The highest BCUT2D eigenvalue weighted by atomic mass is 19.1. The van der Waals surface area contributed by atoms with Crippen LogP contribution in [0.3, 0.4) is 0 Å². The van der Waals surface area contributed by atoms with Crippen LogP contribution in [0.1, 0.15) is 25.3 Å². The van der Waals surface area contributed by atoms with E-state index in [9.17, 15) is 14.0 Å². The summed E-state index contributed by atoms with van der Waals surface area (Å²) in [6.07, 6.45) is -2.12. The molecule has 1 aromatic carbocycles. The van der Waals surface area contributed by atoms with Gasteiger partial charge >= 0.3 is 11.9 Å². The van der Waals surface area contributed by atoms with Crippen LogP contribution in [-0.2, 0) is 30.4 Å². The van der Waals surface area contributed by atoms with Gasteiger partial charge in [0.1, 0.15) is 6.61 Å². The summed E-state index contributed by atoms with van der Waals surface area (Å²) in [4.78, 5) is 23.4. The maximum Gasteiger partial charge on any atom is 0.341 e. The van der Waals surface area contributed by atoms with Gasteiger partial charge in [-0.3, -0.25) is 4.79 Å². The van der Waals surface area contributed by atoms with Gasteiger partial charge in [-0.25, -0.2) is 9.18 Å². The molecule has 126 valence electrons. The van der Waals surface area contributed by atoms with Crippen LogP contribution < -0.4 is 0 Å². The molecule has 1 aliphatic rings. The van der Waals surface area contributed by atoms with E-state index in [1.54, 1.807) is 6.92 Å². The van der Waals surface area contributed by atoms with Crippen LogP contribution in [-0.4, -0.2) is 37.4 Å². The van der Waals surface area contributed by atoms with Gasteiger partial charge in [-0.15, -0.1) is 0 Å². The topological polar surface area (TPSA) is 61.8 Å². The predicted octanol–water partition coefficient (Wildman–Crippen LogP) is 2.43. The minimum atomic E-state index is -1.77. The van der Waals surface area contributed by atoms with E-state index in [0.29, 0.717) is 13.0 Å². The van der Waals surface area contributed by atoms with Crippen molar-refractivity contribution in [2.45, 2.75) is 38.6 Å². The number of hydrogen-bond acceptors (Lipinski definition) is 5. The normalized spacial score (nSPS) is 21.7. The second-order valence-electron chi connectivity index (χ2n) is 5.37. The van der Waals surface area contributed by atoms with Crippen molar-refractivity contribution < 1.29 is 28.2 Å². The lowest BCUT2D eigenvalue weighted by molar-refractivity contribution is -0.155. The Hall–Kier alpha value is -1.95. The first-order valence-corrected chi connectivity index (χ1v) is 7.73. The lowest BCUT2D eigenvalue weighted by Crippen LogP contribution is -2.34. The van der Waals surface area contributed by atoms with Gasteiger partial charge in [-0.1, -0.05) is 30.3 Å². The molecule has 0 saturated carbocycles. The standard InChI is InChI=1S/C17H21FO5/c1-2-21-17(20)16(18)13-8-9-22-14(13)10-15(19)23-11-12-6-4-3-5-7-12/h3-7,13-14,16H,2,8-11H2,1H3/t13-,14?,16?/m1/s1. The molecule has 1 aliphatic heterocycles. The number of ether oxygens (including phenoxy) is 3. The van der Waals surface area contributed by atoms with Gasteiger partial charge in [0.15, 0.2) is 0 Å². The molecule has 2 unspecified atom stereocenters. The molecule has 0 amide bonds. The highest BCUT2D eigenvalue weighted by Gasteiger charge is 2.40. The van der Waals surface area contributed by atoms with Crippen LogP contribution in [0, 0.1) is 5.92 Å². The number of esters is 2. The van der Waals surface area contributed by atoms with Gasteiger partial charge in [0.05, 0.1) is 19.1 Å². The fourth-order valence-electron chi connectivity index (χ4n) is 2.57. The third kappa shape index (κ3) is 5.03. The molecule has 0 aliphatic carbocycles. The van der Waals surface area contributed by atoms with Crippen LogP contribution in [0.4, 0.5) is 4.39 Å². The van der Waals surface area contributed by atoms with Gasteiger partial charge in [0.2, 0.25) is 6.17 Å². The smallest absolute Gasteiger partial charge is 0.341 e. The van der Waals surface area contributed by atoms with Crippen molar-refractivity contribution >= 4 is 11.9 Å². The van der Waals surface area contributed by atoms with E-state index in [4.69, 9.17) is 9.47 Å². The number of carbonyl (C=O) groups is 2. The van der Waals surface area contributed by atoms with Crippen LogP contribution in [0.5, 0.6) is 0 Å². The zero-order valence-corrected chi connectivity index (χ0v) is 13.1. The van der Waals surface area contributed by atoms with E-state index in [1.165, 1.54) is 0 Å². The summed E-state index contributed by atoms with van der Waals surface area (Å²) >= 11 is 0. The van der Waals surface area contributed by atoms with E-state index < -0.39 is 30.1 Å². The van der Waals surface area contributed by atoms with Crippen molar-refractivity contribution in [3.63, 3.8) is 0 Å². The number of halogens is 1. The minimum absolute atomic E-state index is 0.0721. The summed E-state index contributed by atoms with van der Waals surface area (Å²) in [5.74, 6) is -2.04. The minimum Gasteiger partial charge on any atom is -0.464 e. The van der Waals surface area contributed by atoms with Crippen molar-refractivity contribution in [3.05, 3.63) is 35.9 Å². The van der Waals surface area contributed by atoms with E-state index in [2.05, 4.69) is 4.74 Å². The molecule has 1 fully saturated rings. The Morgan fingerprint density at radius 2 is 2.04 bits per heavy atom. The Balaban J connectivity index is 1.83. The van der Waals surface area contributed by atoms with Gasteiger partial charge in [0, 0.05) is 12.5 Å². The highest BCUT2D eigenvalue weighted by molar-refractivity contribution is 5.75. The van der Waals surface area contributed by atoms with Crippen LogP contribution in [0.15, 0.2) is 30.3 Å². The molecule has 2 rings (SSSR count). The van der Waals surface area contributed by atoms with Crippen LogP contribution >= 0.6 is 0 Å². The number of carbonyl (C=O) groups excluding carboxylic acids is 2. The van der Waals surface area contributed by atoms with Gasteiger partial charge in [-0.05, 0) is 18.9 Å².